The summed E-state index contributed by atoms with van der Waals surface area (Å²) < 4.78 is 33.6. The molecule has 5 aromatic rings. The van der Waals surface area contributed by atoms with Crippen molar-refractivity contribution in [3.63, 3.8) is 0 Å². The number of rotatable bonds is 7. The Morgan fingerprint density at radius 3 is 2.58 bits per heavy atom. The number of carboxylic acid groups (broad SMARTS) is 1. The lowest BCUT2D eigenvalue weighted by Crippen LogP contribution is -2.21. The SMILES string of the molecule is Nc1nc(CCCNc2nc(-c3cnc4ccccc4c3)cc3nccn23)ccc1[N+](=O)[O-].O=C(O)C(F)(F)F. The molecule has 4 aromatic heterocycles. The highest BCUT2D eigenvalue weighted by atomic mass is 19.4. The first-order valence-corrected chi connectivity index (χ1v) is 11.7. The summed E-state index contributed by atoms with van der Waals surface area (Å²) in [6.45, 7) is 0.623. The highest BCUT2D eigenvalue weighted by Crippen LogP contribution is 2.24. The number of nitro groups is 1. The Balaban J connectivity index is 0.000000470. The van der Waals surface area contributed by atoms with E-state index in [4.69, 9.17) is 20.6 Å². The molecule has 0 fully saturated rings. The summed E-state index contributed by atoms with van der Waals surface area (Å²) in [6.07, 6.45) is 1.68. The summed E-state index contributed by atoms with van der Waals surface area (Å²) in [7, 11) is 0. The van der Waals surface area contributed by atoms with E-state index in [1.54, 1.807) is 12.3 Å². The summed E-state index contributed by atoms with van der Waals surface area (Å²) in [5.41, 5.74) is 9.61. The van der Waals surface area contributed by atoms with Crippen LogP contribution in [0.5, 0.6) is 0 Å². The molecule has 0 bridgehead atoms. The van der Waals surface area contributed by atoms with E-state index in [1.807, 2.05) is 47.1 Å². The van der Waals surface area contributed by atoms with Crippen LogP contribution in [0.1, 0.15) is 12.1 Å². The Hall–Kier alpha value is -5.34. The molecule has 40 heavy (non-hydrogen) atoms. The number of carbonyl (C=O) groups is 1. The predicted molar refractivity (Wildman–Crippen MR) is 140 cm³/mol. The van der Waals surface area contributed by atoms with Crippen LogP contribution in [0.3, 0.4) is 0 Å². The molecular weight excluding hydrogens is 533 g/mol. The molecule has 0 aliphatic heterocycles. The maximum absolute atomic E-state index is 10.9. The number of nitrogens with two attached hydrogens (primary N) is 1. The van der Waals surface area contributed by atoms with Crippen LogP contribution in [0.25, 0.3) is 27.8 Å². The summed E-state index contributed by atoms with van der Waals surface area (Å²) in [6, 6.07) is 15.0. The van der Waals surface area contributed by atoms with Gasteiger partial charge in [0.25, 0.3) is 0 Å². The molecule has 0 saturated carbocycles. The number of nitrogens with zero attached hydrogens (tertiary/aromatic N) is 6. The zero-order chi connectivity index (χ0) is 28.9. The van der Waals surface area contributed by atoms with Crippen molar-refractivity contribution in [3.05, 3.63) is 82.9 Å². The highest BCUT2D eigenvalue weighted by molar-refractivity contribution is 5.83. The summed E-state index contributed by atoms with van der Waals surface area (Å²) in [5.74, 6) is -2.15. The molecule has 5 rings (SSSR count). The van der Waals surface area contributed by atoms with E-state index < -0.39 is 17.1 Å². The third kappa shape index (κ3) is 6.56. The van der Waals surface area contributed by atoms with Crippen molar-refractivity contribution in [1.82, 2.24) is 24.3 Å². The van der Waals surface area contributed by atoms with Crippen LogP contribution in [0.15, 0.2) is 67.1 Å². The summed E-state index contributed by atoms with van der Waals surface area (Å²) in [4.78, 5) is 37.1. The van der Waals surface area contributed by atoms with Gasteiger partial charge >= 0.3 is 17.8 Å². The van der Waals surface area contributed by atoms with Crippen molar-refractivity contribution in [2.45, 2.75) is 19.0 Å². The minimum Gasteiger partial charge on any atom is -0.475 e. The Morgan fingerprint density at radius 2 is 1.88 bits per heavy atom. The number of para-hydroxylation sites is 1. The number of pyridine rings is 2. The van der Waals surface area contributed by atoms with E-state index in [0.717, 1.165) is 34.2 Å². The van der Waals surface area contributed by atoms with Gasteiger partial charge in [0.05, 0.1) is 16.1 Å². The Morgan fingerprint density at radius 1 is 1.12 bits per heavy atom. The molecule has 4 N–H and O–H groups in total. The quantitative estimate of drug-likeness (QED) is 0.147. The van der Waals surface area contributed by atoms with Gasteiger partial charge in [0.1, 0.15) is 5.65 Å². The number of anilines is 2. The van der Waals surface area contributed by atoms with Crippen LogP contribution in [-0.2, 0) is 11.2 Å². The number of aromatic nitrogens is 5. The number of imidazole rings is 1. The minimum atomic E-state index is -5.08. The van der Waals surface area contributed by atoms with Crippen LogP contribution in [-0.4, -0.2) is 53.1 Å². The first-order valence-electron chi connectivity index (χ1n) is 11.7. The fraction of sp³-hybridized carbons (Fsp3) is 0.160. The van der Waals surface area contributed by atoms with Crippen LogP contribution in [0.2, 0.25) is 0 Å². The number of aryl methyl sites for hydroxylation is 1. The van der Waals surface area contributed by atoms with E-state index >= 15 is 0 Å². The standard InChI is InChI=1S/C23H20N8O2.C2HF3O2/c24-22-20(31(32)33)8-7-17(28-22)5-3-9-26-23-29-19(13-21-25-10-11-30(21)23)16-12-15-4-1-2-6-18(15)27-14-16;3-2(4,5)1(6)7/h1-2,4,6-8,10-14H,3,5,9H2,(H2,24,28)(H,26,29);(H,6,7). The van der Waals surface area contributed by atoms with Crippen LogP contribution < -0.4 is 11.1 Å². The molecule has 15 heteroatoms. The number of hydrogen-bond acceptors (Lipinski definition) is 9. The van der Waals surface area contributed by atoms with Crippen LogP contribution in [0.4, 0.5) is 30.6 Å². The molecule has 0 radical (unpaired) electrons. The van der Waals surface area contributed by atoms with Gasteiger partial charge in [-0.15, -0.1) is 0 Å². The number of hydrogen-bond donors (Lipinski definition) is 3. The van der Waals surface area contributed by atoms with Crippen molar-refractivity contribution < 1.29 is 28.0 Å². The molecular formula is C25H21F3N8O4. The normalized spacial score (nSPS) is 11.2. The fourth-order valence-corrected chi connectivity index (χ4v) is 3.68. The molecule has 0 aliphatic carbocycles. The lowest BCUT2D eigenvalue weighted by molar-refractivity contribution is -0.384. The summed E-state index contributed by atoms with van der Waals surface area (Å²) in [5, 5.41) is 22.4. The average Bonchev–Trinajstić information content (AvgIpc) is 3.39. The second-order valence-corrected chi connectivity index (χ2v) is 8.33. The number of alkyl halides is 3. The maximum atomic E-state index is 10.9. The smallest absolute Gasteiger partial charge is 0.475 e. The maximum Gasteiger partial charge on any atom is 0.490 e. The molecule has 206 valence electrons. The highest BCUT2D eigenvalue weighted by Gasteiger charge is 2.38. The minimum absolute atomic E-state index is 0.0658. The van der Waals surface area contributed by atoms with Gasteiger partial charge in [-0.1, -0.05) is 18.2 Å². The molecule has 0 saturated heterocycles. The Bertz CT molecular complexity index is 1690. The molecule has 1 aromatic carbocycles. The van der Waals surface area contributed by atoms with Gasteiger partial charge in [-0.05, 0) is 31.0 Å². The van der Waals surface area contributed by atoms with Crippen LogP contribution in [0, 0.1) is 10.1 Å². The largest absolute Gasteiger partial charge is 0.490 e. The van der Waals surface area contributed by atoms with Gasteiger partial charge in [0.15, 0.2) is 0 Å². The number of nitrogen functional groups attached to an aromatic ring is 1. The zero-order valence-electron chi connectivity index (χ0n) is 20.5. The van der Waals surface area contributed by atoms with Gasteiger partial charge in [-0.2, -0.15) is 13.2 Å². The van der Waals surface area contributed by atoms with Crippen molar-refractivity contribution in [2.75, 3.05) is 17.6 Å². The number of benzene rings is 1. The number of nitrogens with one attached hydrogen (secondary N) is 1. The second kappa shape index (κ2) is 11.6. The lowest BCUT2D eigenvalue weighted by Gasteiger charge is -2.11. The van der Waals surface area contributed by atoms with Crippen molar-refractivity contribution in [3.8, 4) is 11.3 Å². The Labute approximate surface area is 223 Å². The van der Waals surface area contributed by atoms with Crippen molar-refractivity contribution in [2.24, 2.45) is 0 Å². The molecule has 0 unspecified atom stereocenters. The summed E-state index contributed by atoms with van der Waals surface area (Å²) >= 11 is 0. The van der Waals surface area contributed by atoms with E-state index in [0.29, 0.717) is 24.6 Å². The van der Waals surface area contributed by atoms with Gasteiger partial charge in [0, 0.05) is 53.9 Å². The monoisotopic (exact) mass is 554 g/mol. The molecule has 4 heterocycles. The molecule has 0 aliphatic rings. The molecule has 12 nitrogen and oxygen atoms in total. The predicted octanol–water partition coefficient (Wildman–Crippen LogP) is 4.51. The topological polar surface area (TPSA) is 174 Å². The molecule has 0 atom stereocenters. The number of fused-ring (bicyclic) bond motifs is 2. The molecule has 0 amide bonds. The first-order chi connectivity index (χ1) is 19.0. The fourth-order valence-electron chi connectivity index (χ4n) is 3.68. The second-order valence-electron chi connectivity index (χ2n) is 8.33. The third-order valence-corrected chi connectivity index (χ3v) is 5.57. The van der Waals surface area contributed by atoms with Gasteiger partial charge in [-0.25, -0.2) is 19.7 Å². The van der Waals surface area contributed by atoms with E-state index in [-0.39, 0.29) is 11.5 Å². The van der Waals surface area contributed by atoms with Gasteiger partial charge in [0.2, 0.25) is 11.8 Å². The zero-order valence-corrected chi connectivity index (χ0v) is 20.5. The van der Waals surface area contributed by atoms with Crippen molar-refractivity contribution >= 4 is 40.0 Å². The Kier molecular flexibility index (Phi) is 8.02. The van der Waals surface area contributed by atoms with Gasteiger partial charge < -0.3 is 16.2 Å². The number of carboxylic acids is 1. The van der Waals surface area contributed by atoms with E-state index in [2.05, 4.69) is 26.3 Å². The third-order valence-electron chi connectivity index (χ3n) is 5.57. The van der Waals surface area contributed by atoms with E-state index in [1.165, 1.54) is 6.07 Å². The average molecular weight is 554 g/mol. The van der Waals surface area contributed by atoms with Gasteiger partial charge in [-0.3, -0.25) is 19.5 Å². The first kappa shape index (κ1) is 27.7. The number of aliphatic carboxylic acids is 1. The lowest BCUT2D eigenvalue weighted by atomic mass is 10.1. The van der Waals surface area contributed by atoms with Crippen molar-refractivity contribution in [1.29, 1.82) is 0 Å². The van der Waals surface area contributed by atoms with E-state index in [9.17, 15) is 23.3 Å². The van der Waals surface area contributed by atoms with Crippen LogP contribution >= 0.6 is 0 Å². The molecule has 0 spiro atoms. The number of halogens is 3.